The highest BCUT2D eigenvalue weighted by atomic mass is 79.9. The molecule has 0 radical (unpaired) electrons. The predicted octanol–water partition coefficient (Wildman–Crippen LogP) is 4.42. The zero-order valence-corrected chi connectivity index (χ0v) is 13.7. The Labute approximate surface area is 135 Å². The summed E-state index contributed by atoms with van der Waals surface area (Å²) >= 11 is 15.2. The van der Waals surface area contributed by atoms with Gasteiger partial charge in [-0.15, -0.1) is 0 Å². The minimum absolute atomic E-state index is 0.191. The van der Waals surface area contributed by atoms with E-state index < -0.39 is 0 Å². The highest BCUT2D eigenvalue weighted by molar-refractivity contribution is 9.10. The van der Waals surface area contributed by atoms with Crippen LogP contribution in [0.2, 0.25) is 10.2 Å². The maximum atomic E-state index is 12.4. The van der Waals surface area contributed by atoms with Gasteiger partial charge in [0.2, 0.25) is 0 Å². The van der Waals surface area contributed by atoms with Gasteiger partial charge in [0, 0.05) is 29.3 Å². The standard InChI is InChI=1S/C14H11BrCl2N2O/c1-19(8-9-3-2-4-11(16)5-9)14(20)12-6-10(15)7-18-13(12)17/h2-7H,8H2,1H3. The minimum Gasteiger partial charge on any atom is -0.337 e. The number of hydrogen-bond donors (Lipinski definition) is 0. The van der Waals surface area contributed by atoms with Crippen LogP contribution in [0.15, 0.2) is 41.0 Å². The van der Waals surface area contributed by atoms with E-state index in [0.29, 0.717) is 21.6 Å². The molecule has 0 unspecified atom stereocenters. The SMILES string of the molecule is CN(Cc1cccc(Cl)c1)C(=O)c1cc(Br)cnc1Cl. The van der Waals surface area contributed by atoms with Crippen molar-refractivity contribution in [1.82, 2.24) is 9.88 Å². The lowest BCUT2D eigenvalue weighted by molar-refractivity contribution is 0.0785. The molecule has 0 atom stereocenters. The summed E-state index contributed by atoms with van der Waals surface area (Å²) in [5.74, 6) is -0.191. The van der Waals surface area contributed by atoms with Crippen LogP contribution >= 0.6 is 39.1 Å². The van der Waals surface area contributed by atoms with Gasteiger partial charge in [0.1, 0.15) is 5.15 Å². The monoisotopic (exact) mass is 372 g/mol. The molecule has 0 bridgehead atoms. The Morgan fingerprint density at radius 3 is 2.80 bits per heavy atom. The number of carbonyl (C=O) groups excluding carboxylic acids is 1. The first-order valence-corrected chi connectivity index (χ1v) is 7.33. The van der Waals surface area contributed by atoms with Crippen LogP contribution in [0.25, 0.3) is 0 Å². The molecule has 0 aliphatic rings. The van der Waals surface area contributed by atoms with Crippen molar-refractivity contribution in [2.75, 3.05) is 7.05 Å². The molecule has 0 fully saturated rings. The Kier molecular flexibility index (Phi) is 5.02. The molecule has 0 aliphatic heterocycles. The van der Waals surface area contributed by atoms with E-state index in [1.807, 2.05) is 18.2 Å². The molecule has 1 heterocycles. The van der Waals surface area contributed by atoms with Crippen molar-refractivity contribution in [2.24, 2.45) is 0 Å². The molecule has 0 saturated heterocycles. The summed E-state index contributed by atoms with van der Waals surface area (Å²) < 4.78 is 0.710. The molecule has 0 N–H and O–H groups in total. The fourth-order valence-electron chi connectivity index (χ4n) is 1.76. The molecule has 1 aromatic heterocycles. The van der Waals surface area contributed by atoms with E-state index in [2.05, 4.69) is 20.9 Å². The fourth-order valence-corrected chi connectivity index (χ4v) is 2.49. The van der Waals surface area contributed by atoms with Gasteiger partial charge in [-0.25, -0.2) is 4.98 Å². The smallest absolute Gasteiger partial charge is 0.257 e. The number of halogens is 3. The molecule has 3 nitrogen and oxygen atoms in total. The van der Waals surface area contributed by atoms with Crippen LogP contribution in [0.4, 0.5) is 0 Å². The van der Waals surface area contributed by atoms with Gasteiger partial charge >= 0.3 is 0 Å². The maximum absolute atomic E-state index is 12.4. The molecule has 0 saturated carbocycles. The lowest BCUT2D eigenvalue weighted by atomic mass is 10.2. The van der Waals surface area contributed by atoms with Crippen LogP contribution in [-0.2, 0) is 6.54 Å². The first-order valence-electron chi connectivity index (χ1n) is 5.78. The van der Waals surface area contributed by atoms with E-state index in [1.165, 1.54) is 0 Å². The topological polar surface area (TPSA) is 33.2 Å². The quantitative estimate of drug-likeness (QED) is 0.746. The van der Waals surface area contributed by atoms with Gasteiger partial charge in [-0.05, 0) is 39.7 Å². The average Bonchev–Trinajstić information content (AvgIpc) is 2.40. The Morgan fingerprint density at radius 2 is 2.10 bits per heavy atom. The number of rotatable bonds is 3. The molecular formula is C14H11BrCl2N2O. The third kappa shape index (κ3) is 3.72. The van der Waals surface area contributed by atoms with Gasteiger partial charge in [-0.3, -0.25) is 4.79 Å². The van der Waals surface area contributed by atoms with Gasteiger partial charge in [-0.1, -0.05) is 35.3 Å². The van der Waals surface area contributed by atoms with Crippen LogP contribution in [-0.4, -0.2) is 22.8 Å². The van der Waals surface area contributed by atoms with Gasteiger partial charge in [-0.2, -0.15) is 0 Å². The summed E-state index contributed by atoms with van der Waals surface area (Å²) in [6.07, 6.45) is 1.55. The Morgan fingerprint density at radius 1 is 1.35 bits per heavy atom. The molecule has 2 aromatic rings. The van der Waals surface area contributed by atoms with Crippen molar-refractivity contribution in [3.05, 3.63) is 62.3 Å². The third-order valence-electron chi connectivity index (χ3n) is 2.69. The van der Waals surface area contributed by atoms with Crippen LogP contribution < -0.4 is 0 Å². The molecule has 0 aliphatic carbocycles. The highest BCUT2D eigenvalue weighted by Crippen LogP contribution is 2.20. The first kappa shape index (κ1) is 15.3. The van der Waals surface area contributed by atoms with Crippen LogP contribution in [0.5, 0.6) is 0 Å². The summed E-state index contributed by atoms with van der Waals surface area (Å²) in [6.45, 7) is 0.447. The number of amides is 1. The van der Waals surface area contributed by atoms with Crippen molar-refractivity contribution in [3.8, 4) is 0 Å². The second kappa shape index (κ2) is 6.57. The molecule has 1 aromatic carbocycles. The Bertz CT molecular complexity index is 649. The number of nitrogens with zero attached hydrogens (tertiary/aromatic N) is 2. The van der Waals surface area contributed by atoms with E-state index >= 15 is 0 Å². The second-order valence-corrected chi connectivity index (χ2v) is 5.99. The van der Waals surface area contributed by atoms with Gasteiger partial charge < -0.3 is 4.90 Å². The number of aromatic nitrogens is 1. The molecule has 2 rings (SSSR count). The van der Waals surface area contributed by atoms with E-state index in [4.69, 9.17) is 23.2 Å². The van der Waals surface area contributed by atoms with Gasteiger partial charge in [0.25, 0.3) is 5.91 Å². The van der Waals surface area contributed by atoms with E-state index in [9.17, 15) is 4.79 Å². The summed E-state index contributed by atoms with van der Waals surface area (Å²) in [4.78, 5) is 17.9. The molecule has 0 spiro atoms. The van der Waals surface area contributed by atoms with E-state index in [0.717, 1.165) is 5.56 Å². The van der Waals surface area contributed by atoms with Crippen molar-refractivity contribution in [1.29, 1.82) is 0 Å². The molecule has 104 valence electrons. The Balaban J connectivity index is 2.18. The van der Waals surface area contributed by atoms with Crippen LogP contribution in [0.3, 0.4) is 0 Å². The van der Waals surface area contributed by atoms with E-state index in [1.54, 1.807) is 30.3 Å². The second-order valence-electron chi connectivity index (χ2n) is 4.28. The van der Waals surface area contributed by atoms with Gasteiger partial charge in [0.05, 0.1) is 5.56 Å². The maximum Gasteiger partial charge on any atom is 0.257 e. The minimum atomic E-state index is -0.191. The summed E-state index contributed by atoms with van der Waals surface area (Å²) in [7, 11) is 1.71. The van der Waals surface area contributed by atoms with Crippen molar-refractivity contribution >= 4 is 45.0 Å². The molecule has 1 amide bonds. The summed E-state index contributed by atoms with van der Waals surface area (Å²) in [6, 6.07) is 9.04. The average molecular weight is 374 g/mol. The molecule has 20 heavy (non-hydrogen) atoms. The molecule has 6 heteroatoms. The van der Waals surface area contributed by atoms with Crippen LogP contribution in [0.1, 0.15) is 15.9 Å². The number of benzene rings is 1. The number of hydrogen-bond acceptors (Lipinski definition) is 2. The van der Waals surface area contributed by atoms with E-state index in [-0.39, 0.29) is 11.1 Å². The van der Waals surface area contributed by atoms with Crippen molar-refractivity contribution in [3.63, 3.8) is 0 Å². The number of pyridine rings is 1. The largest absolute Gasteiger partial charge is 0.337 e. The lowest BCUT2D eigenvalue weighted by Crippen LogP contribution is -2.26. The van der Waals surface area contributed by atoms with Crippen molar-refractivity contribution in [2.45, 2.75) is 6.54 Å². The first-order chi connectivity index (χ1) is 9.47. The summed E-state index contributed by atoms with van der Waals surface area (Å²) in [5.41, 5.74) is 1.32. The summed E-state index contributed by atoms with van der Waals surface area (Å²) in [5, 5.41) is 0.835. The molecular weight excluding hydrogens is 363 g/mol. The normalized spacial score (nSPS) is 10.4. The highest BCUT2D eigenvalue weighted by Gasteiger charge is 2.16. The predicted molar refractivity (Wildman–Crippen MR) is 84.2 cm³/mol. The lowest BCUT2D eigenvalue weighted by Gasteiger charge is -2.18. The fraction of sp³-hybridized carbons (Fsp3) is 0.143. The van der Waals surface area contributed by atoms with Crippen molar-refractivity contribution < 1.29 is 4.79 Å². The zero-order chi connectivity index (χ0) is 14.7. The van der Waals surface area contributed by atoms with Gasteiger partial charge in [0.15, 0.2) is 0 Å². The zero-order valence-electron chi connectivity index (χ0n) is 10.6. The Hall–Kier alpha value is -1.10. The number of carbonyl (C=O) groups is 1. The van der Waals surface area contributed by atoms with Crippen LogP contribution in [0, 0.1) is 0 Å². The third-order valence-corrected chi connectivity index (χ3v) is 3.66.